The van der Waals surface area contributed by atoms with Gasteiger partial charge in [0, 0.05) is 15.8 Å². The molecule has 0 amide bonds. The summed E-state index contributed by atoms with van der Waals surface area (Å²) in [5.41, 5.74) is 3.57. The Bertz CT molecular complexity index is 599. The molecule has 106 valence electrons. The van der Waals surface area contributed by atoms with Gasteiger partial charge in [-0.1, -0.05) is 12.1 Å². The van der Waals surface area contributed by atoms with Crippen LogP contribution in [-0.4, -0.2) is 14.2 Å². The van der Waals surface area contributed by atoms with E-state index in [1.54, 1.807) is 14.2 Å². The van der Waals surface area contributed by atoms with E-state index in [1.807, 2.05) is 18.2 Å². The monoisotopic (exact) mass is 383 g/mol. The zero-order valence-electron chi connectivity index (χ0n) is 11.9. The molecule has 0 radical (unpaired) electrons. The summed E-state index contributed by atoms with van der Waals surface area (Å²) in [6.45, 7) is 2.86. The smallest absolute Gasteiger partial charge is 0.161 e. The van der Waals surface area contributed by atoms with Crippen molar-refractivity contribution in [2.75, 3.05) is 19.5 Å². The third-order valence-electron chi connectivity index (χ3n) is 3.12. The van der Waals surface area contributed by atoms with Crippen LogP contribution in [0, 0.1) is 10.5 Å². The normalized spacial score (nSPS) is 10.2. The van der Waals surface area contributed by atoms with Gasteiger partial charge in [-0.2, -0.15) is 0 Å². The fourth-order valence-corrected chi connectivity index (χ4v) is 2.41. The first-order valence-electron chi connectivity index (χ1n) is 6.35. The number of anilines is 1. The second-order valence-electron chi connectivity index (χ2n) is 4.51. The molecule has 2 aromatic rings. The highest BCUT2D eigenvalue weighted by atomic mass is 127. The summed E-state index contributed by atoms with van der Waals surface area (Å²) in [6, 6.07) is 12.3. The number of ether oxygens (including phenoxy) is 2. The number of benzene rings is 2. The molecule has 20 heavy (non-hydrogen) atoms. The van der Waals surface area contributed by atoms with Gasteiger partial charge in [0.1, 0.15) is 0 Å². The van der Waals surface area contributed by atoms with Crippen LogP contribution in [0.5, 0.6) is 11.5 Å². The van der Waals surface area contributed by atoms with E-state index in [9.17, 15) is 0 Å². The molecular formula is C16H18INO2. The largest absolute Gasteiger partial charge is 0.493 e. The number of halogens is 1. The van der Waals surface area contributed by atoms with Crippen LogP contribution in [0.25, 0.3) is 0 Å². The average Bonchev–Trinajstić information content (AvgIpc) is 2.48. The van der Waals surface area contributed by atoms with Crippen LogP contribution >= 0.6 is 22.6 Å². The van der Waals surface area contributed by atoms with E-state index in [4.69, 9.17) is 9.47 Å². The lowest BCUT2D eigenvalue weighted by Gasteiger charge is -2.11. The lowest BCUT2D eigenvalue weighted by Crippen LogP contribution is -2.01. The summed E-state index contributed by atoms with van der Waals surface area (Å²) in [6.07, 6.45) is 0. The Morgan fingerprint density at radius 3 is 2.40 bits per heavy atom. The van der Waals surface area contributed by atoms with Gasteiger partial charge in [-0.05, 0) is 64.9 Å². The lowest BCUT2D eigenvalue weighted by molar-refractivity contribution is 0.354. The SMILES string of the molecule is COc1ccc(CNc2ccc(C)c(I)c2)cc1OC. The van der Waals surface area contributed by atoms with Gasteiger partial charge in [-0.25, -0.2) is 0 Å². The number of hydrogen-bond donors (Lipinski definition) is 1. The standard InChI is InChI=1S/C16H18INO2/c1-11-4-6-13(9-14(11)17)18-10-12-5-7-15(19-2)16(8-12)20-3/h4-9,18H,10H2,1-3H3. The summed E-state index contributed by atoms with van der Waals surface area (Å²) in [4.78, 5) is 0. The van der Waals surface area contributed by atoms with Crippen LogP contribution in [0.15, 0.2) is 36.4 Å². The molecule has 0 bridgehead atoms. The summed E-state index contributed by atoms with van der Waals surface area (Å²) in [5, 5.41) is 3.42. The molecule has 2 aromatic carbocycles. The molecular weight excluding hydrogens is 365 g/mol. The average molecular weight is 383 g/mol. The van der Waals surface area contributed by atoms with E-state index < -0.39 is 0 Å². The molecule has 0 saturated carbocycles. The fraction of sp³-hybridized carbons (Fsp3) is 0.250. The molecule has 0 aliphatic rings. The highest BCUT2D eigenvalue weighted by molar-refractivity contribution is 14.1. The van der Waals surface area contributed by atoms with Crippen LogP contribution in [0.3, 0.4) is 0 Å². The molecule has 1 N–H and O–H groups in total. The van der Waals surface area contributed by atoms with Gasteiger partial charge in [0.2, 0.25) is 0 Å². The fourth-order valence-electron chi connectivity index (χ4n) is 1.90. The highest BCUT2D eigenvalue weighted by Gasteiger charge is 2.04. The van der Waals surface area contributed by atoms with Crippen molar-refractivity contribution in [3.05, 3.63) is 51.1 Å². The van der Waals surface area contributed by atoms with Crippen molar-refractivity contribution in [3.63, 3.8) is 0 Å². The minimum absolute atomic E-state index is 0.749. The molecule has 4 heteroatoms. The van der Waals surface area contributed by atoms with Gasteiger partial charge in [0.25, 0.3) is 0 Å². The predicted octanol–water partition coefficient (Wildman–Crippen LogP) is 4.23. The number of rotatable bonds is 5. The Labute approximate surface area is 133 Å². The van der Waals surface area contributed by atoms with E-state index in [0.717, 1.165) is 29.3 Å². The second kappa shape index (κ2) is 6.83. The van der Waals surface area contributed by atoms with E-state index in [1.165, 1.54) is 9.13 Å². The van der Waals surface area contributed by atoms with Crippen molar-refractivity contribution in [1.82, 2.24) is 0 Å². The van der Waals surface area contributed by atoms with Crippen molar-refractivity contribution < 1.29 is 9.47 Å². The molecule has 0 fully saturated rings. The Morgan fingerprint density at radius 2 is 1.75 bits per heavy atom. The summed E-state index contributed by atoms with van der Waals surface area (Å²) >= 11 is 2.35. The van der Waals surface area contributed by atoms with Crippen LogP contribution < -0.4 is 14.8 Å². The summed E-state index contributed by atoms with van der Waals surface area (Å²) < 4.78 is 11.8. The molecule has 0 spiro atoms. The molecule has 0 atom stereocenters. The van der Waals surface area contributed by atoms with E-state index in [-0.39, 0.29) is 0 Å². The maximum atomic E-state index is 5.31. The molecule has 0 aromatic heterocycles. The molecule has 0 aliphatic carbocycles. The van der Waals surface area contributed by atoms with Crippen LogP contribution in [0.2, 0.25) is 0 Å². The van der Waals surface area contributed by atoms with Crippen molar-refractivity contribution in [3.8, 4) is 11.5 Å². The molecule has 3 nitrogen and oxygen atoms in total. The predicted molar refractivity (Wildman–Crippen MR) is 90.8 cm³/mol. The first-order valence-corrected chi connectivity index (χ1v) is 7.43. The van der Waals surface area contributed by atoms with Gasteiger partial charge in [-0.3, -0.25) is 0 Å². The van der Waals surface area contributed by atoms with Gasteiger partial charge in [-0.15, -0.1) is 0 Å². The maximum absolute atomic E-state index is 5.31. The molecule has 0 saturated heterocycles. The van der Waals surface area contributed by atoms with E-state index in [2.05, 4.69) is 53.0 Å². The van der Waals surface area contributed by atoms with E-state index >= 15 is 0 Å². The number of nitrogens with one attached hydrogen (secondary N) is 1. The van der Waals surface area contributed by atoms with Gasteiger partial charge >= 0.3 is 0 Å². The third kappa shape index (κ3) is 3.56. The van der Waals surface area contributed by atoms with Gasteiger partial charge in [0.05, 0.1) is 14.2 Å². The van der Waals surface area contributed by atoms with Crippen molar-refractivity contribution in [2.24, 2.45) is 0 Å². The second-order valence-corrected chi connectivity index (χ2v) is 5.67. The first-order chi connectivity index (χ1) is 9.63. The Kier molecular flexibility index (Phi) is 5.11. The zero-order valence-corrected chi connectivity index (χ0v) is 14.0. The Hall–Kier alpha value is -1.43. The van der Waals surface area contributed by atoms with Crippen LogP contribution in [0.1, 0.15) is 11.1 Å². The Morgan fingerprint density at radius 1 is 1.00 bits per heavy atom. The minimum Gasteiger partial charge on any atom is -0.493 e. The topological polar surface area (TPSA) is 30.5 Å². The molecule has 0 aliphatic heterocycles. The summed E-state index contributed by atoms with van der Waals surface area (Å²) in [5.74, 6) is 1.51. The van der Waals surface area contributed by atoms with Crippen LogP contribution in [0.4, 0.5) is 5.69 Å². The van der Waals surface area contributed by atoms with Crippen molar-refractivity contribution >= 4 is 28.3 Å². The van der Waals surface area contributed by atoms with Crippen LogP contribution in [-0.2, 0) is 6.54 Å². The number of aryl methyl sites for hydroxylation is 1. The molecule has 0 heterocycles. The van der Waals surface area contributed by atoms with Gasteiger partial charge in [0.15, 0.2) is 11.5 Å². The Balaban J connectivity index is 2.08. The zero-order chi connectivity index (χ0) is 14.5. The highest BCUT2D eigenvalue weighted by Crippen LogP contribution is 2.28. The van der Waals surface area contributed by atoms with E-state index in [0.29, 0.717) is 0 Å². The molecule has 0 unspecified atom stereocenters. The maximum Gasteiger partial charge on any atom is 0.161 e. The van der Waals surface area contributed by atoms with Crippen molar-refractivity contribution in [1.29, 1.82) is 0 Å². The number of methoxy groups -OCH3 is 2. The quantitative estimate of drug-likeness (QED) is 0.784. The lowest BCUT2D eigenvalue weighted by atomic mass is 10.2. The minimum atomic E-state index is 0.749. The van der Waals surface area contributed by atoms with Crippen molar-refractivity contribution in [2.45, 2.75) is 13.5 Å². The molecule has 2 rings (SSSR count). The first kappa shape index (κ1) is 15.0. The number of hydrogen-bond acceptors (Lipinski definition) is 3. The third-order valence-corrected chi connectivity index (χ3v) is 4.28. The summed E-state index contributed by atoms with van der Waals surface area (Å²) in [7, 11) is 3.29. The van der Waals surface area contributed by atoms with Gasteiger partial charge < -0.3 is 14.8 Å².